The Kier molecular flexibility index (Phi) is 4.13. The van der Waals surface area contributed by atoms with Crippen LogP contribution in [-0.2, 0) is 0 Å². The minimum Gasteiger partial charge on any atom is -0.361 e. The van der Waals surface area contributed by atoms with Crippen molar-refractivity contribution in [2.24, 2.45) is 0 Å². The Morgan fingerprint density at radius 1 is 1.33 bits per heavy atom. The van der Waals surface area contributed by atoms with Gasteiger partial charge in [-0.1, -0.05) is 25.1 Å². The number of aromatic nitrogens is 1. The minimum atomic E-state index is 0.0919. The molecule has 21 heavy (non-hydrogen) atoms. The molecule has 3 rings (SSSR count). The van der Waals surface area contributed by atoms with Crippen LogP contribution in [0.15, 0.2) is 30.5 Å². The molecule has 2 heterocycles. The lowest BCUT2D eigenvalue weighted by Crippen LogP contribution is -2.44. The molecule has 0 atom stereocenters. The fourth-order valence-electron chi connectivity index (χ4n) is 3.17. The number of amides is 2. The number of para-hydroxylation sites is 1. The largest absolute Gasteiger partial charge is 0.361 e. The van der Waals surface area contributed by atoms with Crippen molar-refractivity contribution in [3.05, 3.63) is 36.0 Å². The van der Waals surface area contributed by atoms with E-state index in [1.165, 1.54) is 16.5 Å². The first kappa shape index (κ1) is 14.0. The van der Waals surface area contributed by atoms with E-state index in [4.69, 9.17) is 0 Å². The Morgan fingerprint density at radius 2 is 2.10 bits per heavy atom. The average molecular weight is 285 g/mol. The Balaban J connectivity index is 1.64. The molecule has 0 saturated carbocycles. The summed E-state index contributed by atoms with van der Waals surface area (Å²) in [5, 5.41) is 4.29. The Hall–Kier alpha value is -1.97. The molecule has 0 unspecified atom stereocenters. The number of carbonyl (C=O) groups excluding carboxylic acids is 1. The number of nitrogens with one attached hydrogen (secondary N) is 2. The van der Waals surface area contributed by atoms with Gasteiger partial charge in [-0.2, -0.15) is 0 Å². The number of piperidine rings is 1. The summed E-state index contributed by atoms with van der Waals surface area (Å²) in [4.78, 5) is 17.3. The zero-order chi connectivity index (χ0) is 14.7. The lowest BCUT2D eigenvalue weighted by Gasteiger charge is -2.32. The molecular weight excluding hydrogens is 262 g/mol. The molecule has 4 heteroatoms. The number of carbonyl (C=O) groups is 1. The molecule has 4 nitrogen and oxygen atoms in total. The molecule has 2 N–H and O–H groups in total. The Morgan fingerprint density at radius 3 is 2.86 bits per heavy atom. The number of urea groups is 1. The first-order chi connectivity index (χ1) is 10.3. The SMILES string of the molecule is CCCNC(=O)N1CCC(c2c[nH]c3ccccc23)CC1. The molecule has 0 bridgehead atoms. The van der Waals surface area contributed by atoms with Gasteiger partial charge in [-0.05, 0) is 36.8 Å². The van der Waals surface area contributed by atoms with Gasteiger partial charge >= 0.3 is 6.03 Å². The topological polar surface area (TPSA) is 48.1 Å². The van der Waals surface area contributed by atoms with Gasteiger partial charge in [0, 0.05) is 36.7 Å². The third kappa shape index (κ3) is 2.89. The predicted molar refractivity (Wildman–Crippen MR) is 85.5 cm³/mol. The number of rotatable bonds is 3. The van der Waals surface area contributed by atoms with Crippen LogP contribution < -0.4 is 5.32 Å². The van der Waals surface area contributed by atoms with Gasteiger partial charge in [-0.25, -0.2) is 4.79 Å². The second-order valence-corrected chi connectivity index (χ2v) is 5.78. The van der Waals surface area contributed by atoms with E-state index in [2.05, 4.69) is 47.7 Å². The van der Waals surface area contributed by atoms with Crippen LogP contribution in [0.4, 0.5) is 4.79 Å². The number of hydrogen-bond donors (Lipinski definition) is 2. The average Bonchev–Trinajstić information content (AvgIpc) is 2.97. The fraction of sp³-hybridized carbons (Fsp3) is 0.471. The Labute approximate surface area is 125 Å². The minimum absolute atomic E-state index is 0.0919. The highest BCUT2D eigenvalue weighted by molar-refractivity contribution is 5.83. The molecule has 1 aromatic heterocycles. The van der Waals surface area contributed by atoms with Crippen LogP contribution >= 0.6 is 0 Å². The van der Waals surface area contributed by atoms with Crippen molar-refractivity contribution in [1.82, 2.24) is 15.2 Å². The van der Waals surface area contributed by atoms with Gasteiger partial charge in [0.05, 0.1) is 0 Å². The maximum absolute atomic E-state index is 12.0. The van der Waals surface area contributed by atoms with Crippen molar-refractivity contribution in [3.8, 4) is 0 Å². The summed E-state index contributed by atoms with van der Waals surface area (Å²) in [6, 6.07) is 8.54. The maximum Gasteiger partial charge on any atom is 0.317 e. The van der Waals surface area contributed by atoms with Crippen LogP contribution in [0.1, 0.15) is 37.7 Å². The number of benzene rings is 1. The molecular formula is C17H23N3O. The molecule has 2 aromatic rings. The molecule has 0 radical (unpaired) electrons. The van der Waals surface area contributed by atoms with E-state index in [0.717, 1.165) is 38.9 Å². The van der Waals surface area contributed by atoms with Gasteiger partial charge in [0.1, 0.15) is 0 Å². The summed E-state index contributed by atoms with van der Waals surface area (Å²) in [5.74, 6) is 0.552. The second kappa shape index (κ2) is 6.20. The standard InChI is InChI=1S/C17H23N3O/c1-2-9-18-17(21)20-10-7-13(8-11-20)15-12-19-16-6-4-3-5-14(15)16/h3-6,12-13,19H,2,7-11H2,1H3,(H,18,21). The van der Waals surface area contributed by atoms with Gasteiger partial charge in [-0.3, -0.25) is 0 Å². The zero-order valence-electron chi connectivity index (χ0n) is 12.6. The van der Waals surface area contributed by atoms with E-state index in [1.54, 1.807) is 0 Å². The predicted octanol–water partition coefficient (Wildman–Crippen LogP) is 3.47. The molecule has 1 aliphatic rings. The molecule has 1 fully saturated rings. The number of H-pyrrole nitrogens is 1. The van der Waals surface area contributed by atoms with Crippen LogP contribution in [0.25, 0.3) is 10.9 Å². The van der Waals surface area contributed by atoms with Crippen LogP contribution in [0.3, 0.4) is 0 Å². The number of aromatic amines is 1. The van der Waals surface area contributed by atoms with Crippen LogP contribution in [0, 0.1) is 0 Å². The number of nitrogens with zero attached hydrogens (tertiary/aromatic N) is 1. The highest BCUT2D eigenvalue weighted by atomic mass is 16.2. The van der Waals surface area contributed by atoms with Crippen LogP contribution in [0.5, 0.6) is 0 Å². The molecule has 112 valence electrons. The molecule has 1 saturated heterocycles. The van der Waals surface area contributed by atoms with E-state index in [9.17, 15) is 4.79 Å². The number of hydrogen-bond acceptors (Lipinski definition) is 1. The third-order valence-electron chi connectivity index (χ3n) is 4.37. The quantitative estimate of drug-likeness (QED) is 0.891. The van der Waals surface area contributed by atoms with Crippen LogP contribution in [0.2, 0.25) is 0 Å². The normalized spacial score (nSPS) is 16.3. The molecule has 2 amide bonds. The molecule has 0 spiro atoms. The van der Waals surface area contributed by atoms with Crippen molar-refractivity contribution in [1.29, 1.82) is 0 Å². The van der Waals surface area contributed by atoms with Gasteiger partial charge in [0.25, 0.3) is 0 Å². The zero-order valence-corrected chi connectivity index (χ0v) is 12.6. The lowest BCUT2D eigenvalue weighted by molar-refractivity contribution is 0.181. The first-order valence-corrected chi connectivity index (χ1v) is 7.88. The summed E-state index contributed by atoms with van der Waals surface area (Å²) < 4.78 is 0. The fourth-order valence-corrected chi connectivity index (χ4v) is 3.17. The summed E-state index contributed by atoms with van der Waals surface area (Å²) in [7, 11) is 0. The van der Waals surface area contributed by atoms with E-state index in [0.29, 0.717) is 5.92 Å². The van der Waals surface area contributed by atoms with Gasteiger partial charge in [0.15, 0.2) is 0 Å². The first-order valence-electron chi connectivity index (χ1n) is 7.88. The van der Waals surface area contributed by atoms with Crippen molar-refractivity contribution in [3.63, 3.8) is 0 Å². The summed E-state index contributed by atoms with van der Waals surface area (Å²) in [6.45, 7) is 4.53. The summed E-state index contributed by atoms with van der Waals surface area (Å²) >= 11 is 0. The second-order valence-electron chi connectivity index (χ2n) is 5.78. The number of fused-ring (bicyclic) bond motifs is 1. The summed E-state index contributed by atoms with van der Waals surface area (Å²) in [6.07, 6.45) is 5.21. The third-order valence-corrected chi connectivity index (χ3v) is 4.37. The molecule has 1 aliphatic heterocycles. The molecule has 0 aliphatic carbocycles. The van der Waals surface area contributed by atoms with Crippen molar-refractivity contribution >= 4 is 16.9 Å². The van der Waals surface area contributed by atoms with Crippen molar-refractivity contribution in [2.75, 3.05) is 19.6 Å². The van der Waals surface area contributed by atoms with Gasteiger partial charge in [-0.15, -0.1) is 0 Å². The van der Waals surface area contributed by atoms with Gasteiger partial charge in [0.2, 0.25) is 0 Å². The highest BCUT2D eigenvalue weighted by Crippen LogP contribution is 2.32. The van der Waals surface area contributed by atoms with E-state index in [-0.39, 0.29) is 6.03 Å². The lowest BCUT2D eigenvalue weighted by atomic mass is 9.89. The van der Waals surface area contributed by atoms with Crippen molar-refractivity contribution < 1.29 is 4.79 Å². The van der Waals surface area contributed by atoms with E-state index >= 15 is 0 Å². The monoisotopic (exact) mass is 285 g/mol. The Bertz CT molecular complexity index is 611. The smallest absolute Gasteiger partial charge is 0.317 e. The highest BCUT2D eigenvalue weighted by Gasteiger charge is 2.25. The van der Waals surface area contributed by atoms with E-state index < -0.39 is 0 Å². The van der Waals surface area contributed by atoms with Crippen molar-refractivity contribution in [2.45, 2.75) is 32.1 Å². The van der Waals surface area contributed by atoms with Gasteiger partial charge < -0.3 is 15.2 Å². The molecule has 1 aromatic carbocycles. The number of likely N-dealkylation sites (tertiary alicyclic amines) is 1. The maximum atomic E-state index is 12.0. The van der Waals surface area contributed by atoms with E-state index in [1.807, 2.05) is 4.90 Å². The summed E-state index contributed by atoms with van der Waals surface area (Å²) in [5.41, 5.74) is 2.61. The van der Waals surface area contributed by atoms with Crippen LogP contribution in [-0.4, -0.2) is 35.5 Å².